The normalized spacial score (nSPS) is 10.5. The van der Waals surface area contributed by atoms with E-state index in [0.717, 1.165) is 3.57 Å². The van der Waals surface area contributed by atoms with Crippen molar-refractivity contribution in [2.24, 2.45) is 0 Å². The number of aromatic nitrogens is 1. The van der Waals surface area contributed by atoms with Crippen LogP contribution in [-0.4, -0.2) is 23.5 Å². The Morgan fingerprint density at radius 2 is 2.00 bits per heavy atom. The first-order chi connectivity index (χ1) is 10.4. The quantitative estimate of drug-likeness (QED) is 0.613. The number of H-pyrrole nitrogens is 1. The zero-order valence-corrected chi connectivity index (χ0v) is 14.2. The van der Waals surface area contributed by atoms with E-state index in [1.54, 1.807) is 13.0 Å². The van der Waals surface area contributed by atoms with Crippen LogP contribution in [0.1, 0.15) is 29.8 Å². The van der Waals surface area contributed by atoms with E-state index in [1.807, 2.05) is 6.07 Å². The fourth-order valence-corrected chi connectivity index (χ4v) is 2.71. The summed E-state index contributed by atoms with van der Waals surface area (Å²) in [6, 6.07) is 3.49. The van der Waals surface area contributed by atoms with E-state index >= 15 is 0 Å². The Morgan fingerprint density at radius 1 is 1.27 bits per heavy atom. The topological polar surface area (TPSA) is 85.5 Å². The van der Waals surface area contributed by atoms with Crippen molar-refractivity contribution in [3.05, 3.63) is 43.2 Å². The molecule has 0 aliphatic carbocycles. The smallest absolute Gasteiger partial charge is 0.343 e. The summed E-state index contributed by atoms with van der Waals surface area (Å²) >= 11 is 2.06. The highest BCUT2D eigenvalue weighted by atomic mass is 127. The summed E-state index contributed by atoms with van der Waals surface area (Å²) in [6.07, 6.45) is 1.33. The molecule has 0 unspecified atom stereocenters. The van der Waals surface area contributed by atoms with Gasteiger partial charge in [-0.3, -0.25) is 9.59 Å². The van der Waals surface area contributed by atoms with Gasteiger partial charge in [-0.25, -0.2) is 4.79 Å². The lowest BCUT2D eigenvalue weighted by Gasteiger charge is -2.09. The number of carbonyl (C=O) groups is 2. The van der Waals surface area contributed by atoms with Crippen LogP contribution >= 0.6 is 22.6 Å². The molecule has 0 aliphatic rings. The SMILES string of the molecule is CCOC(=O)c1c[nH]c2c(COC(C)=O)cc(I)cc2c1=O. The maximum Gasteiger partial charge on any atom is 0.343 e. The number of halogens is 1. The zero-order valence-electron chi connectivity index (χ0n) is 12.1. The highest BCUT2D eigenvalue weighted by molar-refractivity contribution is 14.1. The third-order valence-electron chi connectivity index (χ3n) is 2.96. The maximum absolute atomic E-state index is 12.5. The molecule has 1 aromatic heterocycles. The molecule has 1 aromatic carbocycles. The first-order valence-corrected chi connectivity index (χ1v) is 7.66. The summed E-state index contributed by atoms with van der Waals surface area (Å²) in [7, 11) is 0. The minimum atomic E-state index is -0.661. The van der Waals surface area contributed by atoms with Gasteiger partial charge in [0.25, 0.3) is 0 Å². The van der Waals surface area contributed by atoms with E-state index in [4.69, 9.17) is 9.47 Å². The molecular formula is C15H14INO5. The molecule has 116 valence electrons. The number of hydrogen-bond acceptors (Lipinski definition) is 5. The highest BCUT2D eigenvalue weighted by Gasteiger charge is 2.16. The van der Waals surface area contributed by atoms with Crippen LogP contribution in [0.4, 0.5) is 0 Å². The minimum Gasteiger partial charge on any atom is -0.462 e. The molecule has 7 heteroatoms. The van der Waals surface area contributed by atoms with Gasteiger partial charge in [0.05, 0.1) is 12.1 Å². The fourth-order valence-electron chi connectivity index (χ4n) is 2.02. The third kappa shape index (κ3) is 3.46. The zero-order chi connectivity index (χ0) is 16.3. The molecule has 1 N–H and O–H groups in total. The van der Waals surface area contributed by atoms with Crippen LogP contribution in [0.25, 0.3) is 10.9 Å². The lowest BCUT2D eigenvalue weighted by molar-refractivity contribution is -0.142. The average Bonchev–Trinajstić information content (AvgIpc) is 2.46. The number of pyridine rings is 1. The monoisotopic (exact) mass is 415 g/mol. The van der Waals surface area contributed by atoms with Crippen LogP contribution in [-0.2, 0) is 20.9 Å². The summed E-state index contributed by atoms with van der Waals surface area (Å²) in [5.74, 6) is -1.07. The number of hydrogen-bond donors (Lipinski definition) is 1. The number of benzene rings is 1. The number of carbonyl (C=O) groups excluding carboxylic acids is 2. The van der Waals surface area contributed by atoms with Gasteiger partial charge < -0.3 is 14.5 Å². The van der Waals surface area contributed by atoms with Crippen molar-refractivity contribution >= 4 is 45.4 Å². The molecule has 0 aliphatic heterocycles. The Hall–Kier alpha value is -1.90. The lowest BCUT2D eigenvalue weighted by Crippen LogP contribution is -2.18. The second-order valence-electron chi connectivity index (χ2n) is 4.52. The van der Waals surface area contributed by atoms with Gasteiger partial charge in [0.2, 0.25) is 5.43 Å². The van der Waals surface area contributed by atoms with Crippen molar-refractivity contribution in [2.45, 2.75) is 20.5 Å². The molecule has 0 fully saturated rings. The lowest BCUT2D eigenvalue weighted by atomic mass is 10.1. The first-order valence-electron chi connectivity index (χ1n) is 6.58. The molecule has 0 saturated carbocycles. The molecular weight excluding hydrogens is 401 g/mol. The van der Waals surface area contributed by atoms with Crippen molar-refractivity contribution in [3.8, 4) is 0 Å². The van der Waals surface area contributed by atoms with Crippen molar-refractivity contribution in [1.82, 2.24) is 4.98 Å². The van der Waals surface area contributed by atoms with Crippen LogP contribution in [0, 0.1) is 3.57 Å². The Kier molecular flexibility index (Phi) is 5.17. The highest BCUT2D eigenvalue weighted by Crippen LogP contribution is 2.20. The number of esters is 2. The molecule has 0 bridgehead atoms. The second-order valence-corrected chi connectivity index (χ2v) is 5.77. The second kappa shape index (κ2) is 6.91. The van der Waals surface area contributed by atoms with Gasteiger partial charge in [-0.05, 0) is 41.6 Å². The number of rotatable bonds is 4. The van der Waals surface area contributed by atoms with Gasteiger partial charge >= 0.3 is 11.9 Å². The van der Waals surface area contributed by atoms with E-state index in [2.05, 4.69) is 27.6 Å². The van der Waals surface area contributed by atoms with Gasteiger partial charge in [-0.1, -0.05) is 0 Å². The molecule has 6 nitrogen and oxygen atoms in total. The van der Waals surface area contributed by atoms with E-state index in [0.29, 0.717) is 16.5 Å². The van der Waals surface area contributed by atoms with Crippen LogP contribution in [0.5, 0.6) is 0 Å². The average molecular weight is 415 g/mol. The Balaban J connectivity index is 2.58. The Bertz CT molecular complexity index is 796. The van der Waals surface area contributed by atoms with Crippen molar-refractivity contribution in [3.63, 3.8) is 0 Å². The molecule has 1 heterocycles. The summed E-state index contributed by atoms with van der Waals surface area (Å²) in [6.45, 7) is 3.24. The van der Waals surface area contributed by atoms with E-state index < -0.39 is 17.4 Å². The largest absolute Gasteiger partial charge is 0.462 e. The first kappa shape index (κ1) is 16.5. The summed E-state index contributed by atoms with van der Waals surface area (Å²) in [5, 5.41) is 0.361. The molecule has 22 heavy (non-hydrogen) atoms. The molecule has 2 rings (SSSR count). The standard InChI is InChI=1S/C15H14INO5/c1-3-21-15(20)12-6-17-13-9(7-22-8(2)18)4-10(16)5-11(13)14(12)19/h4-6H,3,7H2,1-2H3,(H,17,19). The van der Waals surface area contributed by atoms with Gasteiger partial charge in [0, 0.05) is 27.6 Å². The summed E-state index contributed by atoms with van der Waals surface area (Å²) < 4.78 is 10.7. The van der Waals surface area contributed by atoms with E-state index in [1.165, 1.54) is 13.1 Å². The van der Waals surface area contributed by atoms with Crippen LogP contribution in [0.3, 0.4) is 0 Å². The van der Waals surface area contributed by atoms with E-state index in [9.17, 15) is 14.4 Å². The van der Waals surface area contributed by atoms with Crippen molar-refractivity contribution < 1.29 is 19.1 Å². The number of fused-ring (bicyclic) bond motifs is 1. The molecule has 0 atom stereocenters. The van der Waals surface area contributed by atoms with Gasteiger partial charge in [-0.15, -0.1) is 0 Å². The van der Waals surface area contributed by atoms with Crippen LogP contribution in [0.15, 0.2) is 23.1 Å². The molecule has 0 spiro atoms. The van der Waals surface area contributed by atoms with Gasteiger partial charge in [0.15, 0.2) is 0 Å². The number of ether oxygens (including phenoxy) is 2. The third-order valence-corrected chi connectivity index (χ3v) is 3.58. The van der Waals surface area contributed by atoms with Crippen LogP contribution < -0.4 is 5.43 Å². The molecule has 0 amide bonds. The predicted octanol–water partition coefficient (Wildman–Crippen LogP) is 2.37. The minimum absolute atomic E-state index is 0.0465. The fraction of sp³-hybridized carbons (Fsp3) is 0.267. The van der Waals surface area contributed by atoms with Gasteiger partial charge in [0.1, 0.15) is 12.2 Å². The van der Waals surface area contributed by atoms with E-state index in [-0.39, 0.29) is 18.8 Å². The Labute approximate surface area is 139 Å². The van der Waals surface area contributed by atoms with Crippen molar-refractivity contribution in [1.29, 1.82) is 0 Å². The number of aromatic amines is 1. The number of nitrogens with one attached hydrogen (secondary N) is 1. The van der Waals surface area contributed by atoms with Gasteiger partial charge in [-0.2, -0.15) is 0 Å². The molecule has 2 aromatic rings. The summed E-state index contributed by atoms with van der Waals surface area (Å²) in [4.78, 5) is 38.1. The Morgan fingerprint density at radius 3 is 2.64 bits per heavy atom. The van der Waals surface area contributed by atoms with Crippen LogP contribution in [0.2, 0.25) is 0 Å². The molecule has 0 radical (unpaired) electrons. The van der Waals surface area contributed by atoms with Crippen molar-refractivity contribution in [2.75, 3.05) is 6.61 Å². The summed E-state index contributed by atoms with van der Waals surface area (Å²) in [5.41, 5.74) is 0.758. The predicted molar refractivity (Wildman–Crippen MR) is 88.7 cm³/mol. The maximum atomic E-state index is 12.5. The molecule has 0 saturated heterocycles.